The Morgan fingerprint density at radius 3 is 2.87 bits per heavy atom. The number of imidazole rings is 1. The maximum Gasteiger partial charge on any atom is 0.263 e. The molecule has 0 aliphatic carbocycles. The second kappa shape index (κ2) is 12.2. The maximum atomic E-state index is 12.9. The lowest BCUT2D eigenvalue weighted by Gasteiger charge is -2.19. The Labute approximate surface area is 226 Å². The molecule has 1 aliphatic rings. The molecule has 204 valence electrons. The molecule has 5 rings (SSSR count). The van der Waals surface area contributed by atoms with Crippen LogP contribution in [0.4, 0.5) is 0 Å². The number of ketones is 1. The third kappa shape index (κ3) is 6.34. The van der Waals surface area contributed by atoms with Gasteiger partial charge in [-0.15, -0.1) is 0 Å². The van der Waals surface area contributed by atoms with Crippen LogP contribution in [-0.2, 0) is 9.53 Å². The van der Waals surface area contributed by atoms with Gasteiger partial charge in [-0.2, -0.15) is 0 Å². The molecule has 4 heterocycles. The van der Waals surface area contributed by atoms with E-state index in [1.54, 1.807) is 13.3 Å². The highest BCUT2D eigenvalue weighted by Gasteiger charge is 2.27. The van der Waals surface area contributed by atoms with Crippen molar-refractivity contribution in [3.05, 3.63) is 60.3 Å². The normalized spacial score (nSPS) is 15.9. The fraction of sp³-hybridized carbons (Fsp3) is 0.414. The first-order valence-electron chi connectivity index (χ1n) is 13.4. The first-order chi connectivity index (χ1) is 19.0. The molecule has 1 fully saturated rings. The Hall–Kier alpha value is -4.05. The molecule has 0 saturated carbocycles. The summed E-state index contributed by atoms with van der Waals surface area (Å²) in [6.07, 6.45) is 9.15. The van der Waals surface area contributed by atoms with E-state index >= 15 is 0 Å². The van der Waals surface area contributed by atoms with Crippen molar-refractivity contribution in [2.24, 2.45) is 0 Å². The van der Waals surface area contributed by atoms with Gasteiger partial charge in [0.1, 0.15) is 23.9 Å². The van der Waals surface area contributed by atoms with Crippen LogP contribution in [0, 0.1) is 6.92 Å². The minimum atomic E-state index is -0.433. The third-order valence-corrected chi connectivity index (χ3v) is 6.97. The SMILES string of the molecule is COc1cc2nc(C)ccc2cc1-c1cnc([C@H](CCCCCC(=O)c2ncco2)NC(=O)C2CCCO2)[nH]1. The van der Waals surface area contributed by atoms with E-state index in [1.165, 1.54) is 12.5 Å². The number of carbonyl (C=O) groups is 2. The molecule has 39 heavy (non-hydrogen) atoms. The summed E-state index contributed by atoms with van der Waals surface area (Å²) in [5.41, 5.74) is 3.45. The van der Waals surface area contributed by atoms with Crippen molar-refractivity contribution in [2.75, 3.05) is 13.7 Å². The Morgan fingerprint density at radius 2 is 2.10 bits per heavy atom. The number of oxazole rings is 1. The standard InChI is InChI=1S/C29H33N5O5/c1-18-10-11-19-15-20(26(37-2)16-22(19)32-18)23-17-31-27(33-23)21(34-28(36)25-9-6-13-38-25)7-4-3-5-8-24(35)29-30-12-14-39-29/h10-12,14-17,21,25H,3-9,13H2,1-2H3,(H,31,33)(H,34,36)/t21-,25?/m0/s1. The number of benzene rings is 1. The fourth-order valence-corrected chi connectivity index (χ4v) is 4.89. The molecular formula is C29H33N5O5. The maximum absolute atomic E-state index is 12.9. The molecule has 1 saturated heterocycles. The van der Waals surface area contributed by atoms with Crippen LogP contribution in [0.1, 0.15) is 73.2 Å². The lowest BCUT2D eigenvalue weighted by Crippen LogP contribution is -2.37. The van der Waals surface area contributed by atoms with Gasteiger partial charge in [-0.1, -0.05) is 18.9 Å². The highest BCUT2D eigenvalue weighted by atomic mass is 16.5. The molecule has 2 N–H and O–H groups in total. The van der Waals surface area contributed by atoms with E-state index in [2.05, 4.69) is 25.3 Å². The number of nitrogens with zero attached hydrogens (tertiary/aromatic N) is 3. The van der Waals surface area contributed by atoms with Crippen molar-refractivity contribution < 1.29 is 23.5 Å². The summed E-state index contributed by atoms with van der Waals surface area (Å²) in [5.74, 6) is 1.27. The van der Waals surface area contributed by atoms with Crippen molar-refractivity contribution in [1.29, 1.82) is 0 Å². The minimum absolute atomic E-state index is 0.103. The summed E-state index contributed by atoms with van der Waals surface area (Å²) in [6, 6.07) is 7.65. The molecule has 0 spiro atoms. The highest BCUT2D eigenvalue weighted by molar-refractivity contribution is 5.91. The number of fused-ring (bicyclic) bond motifs is 1. The van der Waals surface area contributed by atoms with Crippen LogP contribution < -0.4 is 10.1 Å². The summed E-state index contributed by atoms with van der Waals surface area (Å²) in [5, 5.41) is 4.13. The molecule has 4 aromatic rings. The van der Waals surface area contributed by atoms with Crippen molar-refractivity contribution in [3.8, 4) is 17.0 Å². The monoisotopic (exact) mass is 531 g/mol. The second-order valence-electron chi connectivity index (χ2n) is 9.80. The van der Waals surface area contributed by atoms with Gasteiger partial charge >= 0.3 is 0 Å². The number of ether oxygens (including phenoxy) is 2. The smallest absolute Gasteiger partial charge is 0.263 e. The number of hydrogen-bond donors (Lipinski definition) is 2. The van der Waals surface area contributed by atoms with E-state index in [0.717, 1.165) is 47.1 Å². The summed E-state index contributed by atoms with van der Waals surface area (Å²) in [4.78, 5) is 41.6. The number of amides is 1. The van der Waals surface area contributed by atoms with E-state index in [-0.39, 0.29) is 23.6 Å². The van der Waals surface area contributed by atoms with Crippen LogP contribution in [0.15, 0.2) is 47.3 Å². The number of aryl methyl sites for hydroxylation is 1. The molecule has 3 aromatic heterocycles. The second-order valence-corrected chi connectivity index (χ2v) is 9.80. The van der Waals surface area contributed by atoms with Gasteiger partial charge in [0, 0.05) is 35.7 Å². The molecule has 10 heteroatoms. The van der Waals surface area contributed by atoms with E-state index in [1.807, 2.05) is 31.2 Å². The summed E-state index contributed by atoms with van der Waals surface area (Å²) < 4.78 is 16.3. The van der Waals surface area contributed by atoms with E-state index in [9.17, 15) is 9.59 Å². The molecule has 1 amide bonds. The number of rotatable bonds is 12. The first kappa shape index (κ1) is 26.6. The molecule has 0 bridgehead atoms. The van der Waals surface area contributed by atoms with Crippen LogP contribution in [0.3, 0.4) is 0 Å². The number of aromatic amines is 1. The Morgan fingerprint density at radius 1 is 1.21 bits per heavy atom. The first-order valence-corrected chi connectivity index (χ1v) is 13.4. The van der Waals surface area contributed by atoms with Gasteiger partial charge in [0.25, 0.3) is 5.89 Å². The number of methoxy groups -OCH3 is 1. The van der Waals surface area contributed by atoms with Crippen molar-refractivity contribution in [1.82, 2.24) is 25.3 Å². The average Bonchev–Trinajstić information content (AvgIpc) is 3.74. The molecule has 1 aromatic carbocycles. The number of carbonyl (C=O) groups excluding carboxylic acids is 2. The lowest BCUT2D eigenvalue weighted by molar-refractivity contribution is -0.131. The molecule has 10 nitrogen and oxygen atoms in total. The number of Topliss-reactive ketones (excluding diaryl/α,β-unsaturated/α-hetero) is 1. The Bertz CT molecular complexity index is 1430. The van der Waals surface area contributed by atoms with E-state index < -0.39 is 6.10 Å². The van der Waals surface area contributed by atoms with E-state index in [0.29, 0.717) is 43.9 Å². The number of pyridine rings is 1. The van der Waals surface area contributed by atoms with Gasteiger partial charge in [-0.3, -0.25) is 14.6 Å². The number of nitrogens with one attached hydrogen (secondary N) is 2. The number of H-pyrrole nitrogens is 1. The summed E-state index contributed by atoms with van der Waals surface area (Å²) >= 11 is 0. The summed E-state index contributed by atoms with van der Waals surface area (Å²) in [7, 11) is 1.63. The zero-order valence-electron chi connectivity index (χ0n) is 22.2. The van der Waals surface area contributed by atoms with Gasteiger partial charge < -0.3 is 24.2 Å². The van der Waals surface area contributed by atoms with Crippen LogP contribution in [0.2, 0.25) is 0 Å². The minimum Gasteiger partial charge on any atom is -0.496 e. The topological polar surface area (TPSA) is 132 Å². The average molecular weight is 532 g/mol. The van der Waals surface area contributed by atoms with Crippen molar-refractivity contribution in [2.45, 2.75) is 64.0 Å². The zero-order chi connectivity index (χ0) is 27.2. The molecule has 1 unspecified atom stereocenters. The highest BCUT2D eigenvalue weighted by Crippen LogP contribution is 2.34. The van der Waals surface area contributed by atoms with Crippen molar-refractivity contribution in [3.63, 3.8) is 0 Å². The van der Waals surface area contributed by atoms with Gasteiger partial charge in [-0.05, 0) is 44.7 Å². The van der Waals surface area contributed by atoms with Crippen LogP contribution >= 0.6 is 0 Å². The van der Waals surface area contributed by atoms with Crippen LogP contribution in [0.25, 0.3) is 22.2 Å². The van der Waals surface area contributed by atoms with Crippen LogP contribution in [0.5, 0.6) is 5.75 Å². The van der Waals surface area contributed by atoms with Gasteiger partial charge in [0.15, 0.2) is 0 Å². The molecular weight excluding hydrogens is 498 g/mol. The van der Waals surface area contributed by atoms with Gasteiger partial charge in [0.05, 0.1) is 36.8 Å². The Kier molecular flexibility index (Phi) is 8.31. The molecule has 0 radical (unpaired) electrons. The Balaban J connectivity index is 1.30. The summed E-state index contributed by atoms with van der Waals surface area (Å²) in [6.45, 7) is 2.56. The van der Waals surface area contributed by atoms with Gasteiger partial charge in [-0.25, -0.2) is 9.97 Å². The number of aromatic nitrogens is 4. The molecule has 1 aliphatic heterocycles. The van der Waals surface area contributed by atoms with Crippen molar-refractivity contribution >= 4 is 22.6 Å². The van der Waals surface area contributed by atoms with Gasteiger partial charge in [0.2, 0.25) is 11.7 Å². The third-order valence-electron chi connectivity index (χ3n) is 6.97. The number of hydrogen-bond acceptors (Lipinski definition) is 8. The molecule has 2 atom stereocenters. The lowest BCUT2D eigenvalue weighted by atomic mass is 10.0. The van der Waals surface area contributed by atoms with Crippen LogP contribution in [-0.4, -0.2) is 51.4 Å². The predicted octanol–water partition coefficient (Wildman–Crippen LogP) is 5.10. The largest absolute Gasteiger partial charge is 0.496 e. The number of unbranched alkanes of at least 4 members (excludes halogenated alkanes) is 2. The zero-order valence-corrected chi connectivity index (χ0v) is 22.2. The fourth-order valence-electron chi connectivity index (χ4n) is 4.89. The predicted molar refractivity (Wildman–Crippen MR) is 144 cm³/mol. The quantitative estimate of drug-likeness (QED) is 0.191. The van der Waals surface area contributed by atoms with E-state index in [4.69, 9.17) is 13.9 Å².